The maximum Gasteiger partial charge on any atom is 0.269 e. The topological polar surface area (TPSA) is 81.9 Å². The van der Waals surface area contributed by atoms with Gasteiger partial charge in [-0.05, 0) is 36.4 Å². The molecule has 4 rings (SSSR count). The van der Waals surface area contributed by atoms with Crippen LogP contribution in [0.25, 0.3) is 11.0 Å². The van der Waals surface area contributed by atoms with Crippen molar-refractivity contribution in [1.29, 1.82) is 0 Å². The van der Waals surface area contributed by atoms with E-state index in [4.69, 9.17) is 4.74 Å². The van der Waals surface area contributed by atoms with Crippen LogP contribution in [0.5, 0.6) is 5.75 Å². The Hall–Kier alpha value is -3.26. The van der Waals surface area contributed by atoms with E-state index in [0.29, 0.717) is 11.7 Å². The highest BCUT2D eigenvalue weighted by atomic mass is 32.1. The molecule has 4 aromatic rings. The monoisotopic (exact) mass is 365 g/mol. The molecule has 130 valence electrons. The summed E-state index contributed by atoms with van der Waals surface area (Å²) in [6.07, 6.45) is 1.33. The minimum atomic E-state index is -0.163. The van der Waals surface area contributed by atoms with Gasteiger partial charge in [-0.1, -0.05) is 23.5 Å². The van der Waals surface area contributed by atoms with Crippen LogP contribution in [-0.4, -0.2) is 26.9 Å². The smallest absolute Gasteiger partial charge is 0.269 e. The number of aromatic nitrogens is 4. The van der Waals surface area contributed by atoms with Crippen molar-refractivity contribution >= 4 is 33.2 Å². The highest BCUT2D eigenvalue weighted by molar-refractivity contribution is 7.15. The molecule has 0 spiro atoms. The number of hydrogen-bond acceptors (Lipinski definition) is 7. The number of benzene rings is 2. The fraction of sp³-hybridized carbons (Fsp3) is 0.111. The molecule has 7 nitrogen and oxygen atoms in total. The second-order valence-electron chi connectivity index (χ2n) is 5.53. The minimum Gasteiger partial charge on any atom is -0.497 e. The largest absolute Gasteiger partial charge is 0.497 e. The Bertz CT molecular complexity index is 1100. The fourth-order valence-electron chi connectivity index (χ4n) is 2.58. The number of para-hydroxylation sites is 2. The van der Waals surface area contributed by atoms with Gasteiger partial charge in [0.1, 0.15) is 10.8 Å². The Morgan fingerprint density at radius 1 is 1.12 bits per heavy atom. The summed E-state index contributed by atoms with van der Waals surface area (Å²) in [6.45, 7) is 0.351. The van der Waals surface area contributed by atoms with E-state index in [1.54, 1.807) is 11.7 Å². The summed E-state index contributed by atoms with van der Waals surface area (Å²) in [5.41, 5.74) is 2.27. The van der Waals surface area contributed by atoms with Gasteiger partial charge in [-0.2, -0.15) is 0 Å². The zero-order valence-corrected chi connectivity index (χ0v) is 14.7. The van der Waals surface area contributed by atoms with Crippen molar-refractivity contribution < 1.29 is 4.74 Å². The number of rotatable bonds is 5. The van der Waals surface area contributed by atoms with Crippen LogP contribution in [0.1, 0.15) is 5.01 Å². The number of anilines is 2. The molecule has 0 aliphatic rings. The van der Waals surface area contributed by atoms with Gasteiger partial charge < -0.3 is 10.1 Å². The van der Waals surface area contributed by atoms with Gasteiger partial charge in [0.25, 0.3) is 5.56 Å². The van der Waals surface area contributed by atoms with Gasteiger partial charge in [0.15, 0.2) is 0 Å². The van der Waals surface area contributed by atoms with E-state index in [9.17, 15) is 4.79 Å². The van der Waals surface area contributed by atoms with Gasteiger partial charge in [0.05, 0.1) is 30.9 Å². The van der Waals surface area contributed by atoms with Crippen LogP contribution in [-0.2, 0) is 6.54 Å². The van der Waals surface area contributed by atoms with Crippen LogP contribution >= 0.6 is 11.3 Å². The Kier molecular flexibility index (Phi) is 4.32. The SMILES string of the molecule is COc1ccc(Nc2nnc(Cn3c(=O)cnc4ccccc43)s2)cc1. The van der Waals surface area contributed by atoms with E-state index in [1.165, 1.54) is 17.5 Å². The molecule has 0 saturated heterocycles. The van der Waals surface area contributed by atoms with Crippen molar-refractivity contribution in [2.75, 3.05) is 12.4 Å². The maximum atomic E-state index is 12.2. The van der Waals surface area contributed by atoms with E-state index >= 15 is 0 Å². The fourth-order valence-corrected chi connectivity index (χ4v) is 3.33. The summed E-state index contributed by atoms with van der Waals surface area (Å²) in [5, 5.41) is 12.9. The van der Waals surface area contributed by atoms with Gasteiger partial charge in [0.2, 0.25) is 5.13 Å². The van der Waals surface area contributed by atoms with Gasteiger partial charge in [0, 0.05) is 5.69 Å². The molecule has 2 aromatic heterocycles. The number of methoxy groups -OCH3 is 1. The third kappa shape index (κ3) is 3.27. The molecule has 1 N–H and O–H groups in total. The van der Waals surface area contributed by atoms with E-state index in [2.05, 4.69) is 20.5 Å². The molecule has 2 aromatic carbocycles. The zero-order chi connectivity index (χ0) is 17.9. The molecular formula is C18H15N5O2S. The average molecular weight is 365 g/mol. The average Bonchev–Trinajstić information content (AvgIpc) is 3.12. The third-order valence-corrected chi connectivity index (χ3v) is 4.68. The lowest BCUT2D eigenvalue weighted by molar-refractivity contribution is 0.415. The second kappa shape index (κ2) is 6.93. The first-order valence-corrected chi connectivity index (χ1v) is 8.72. The van der Waals surface area contributed by atoms with Crippen LogP contribution in [0.15, 0.2) is 59.5 Å². The van der Waals surface area contributed by atoms with E-state index in [1.807, 2.05) is 48.5 Å². The minimum absolute atomic E-state index is 0.163. The highest BCUT2D eigenvalue weighted by Gasteiger charge is 2.09. The second-order valence-corrected chi connectivity index (χ2v) is 6.59. The van der Waals surface area contributed by atoms with Crippen molar-refractivity contribution in [3.05, 3.63) is 70.1 Å². The quantitative estimate of drug-likeness (QED) is 0.585. The highest BCUT2D eigenvalue weighted by Crippen LogP contribution is 2.23. The van der Waals surface area contributed by atoms with Crippen molar-refractivity contribution in [1.82, 2.24) is 19.7 Å². The first-order chi connectivity index (χ1) is 12.7. The van der Waals surface area contributed by atoms with Crippen LogP contribution in [0.4, 0.5) is 10.8 Å². The van der Waals surface area contributed by atoms with Gasteiger partial charge in [-0.25, -0.2) is 4.98 Å². The molecule has 0 atom stereocenters. The van der Waals surface area contributed by atoms with Crippen LogP contribution in [0.3, 0.4) is 0 Å². The van der Waals surface area contributed by atoms with Crippen LogP contribution < -0.4 is 15.6 Å². The number of nitrogens with one attached hydrogen (secondary N) is 1. The molecule has 0 radical (unpaired) electrons. The number of hydrogen-bond donors (Lipinski definition) is 1. The Labute approximate surface area is 152 Å². The zero-order valence-electron chi connectivity index (χ0n) is 13.9. The lowest BCUT2D eigenvalue weighted by atomic mass is 10.3. The molecular weight excluding hydrogens is 350 g/mol. The molecule has 0 amide bonds. The predicted octanol–water partition coefficient (Wildman–Crippen LogP) is 3.05. The number of nitrogens with zero attached hydrogens (tertiary/aromatic N) is 4. The molecule has 2 heterocycles. The lowest BCUT2D eigenvalue weighted by Gasteiger charge is -2.06. The van der Waals surface area contributed by atoms with Crippen LogP contribution in [0, 0.1) is 0 Å². The van der Waals surface area contributed by atoms with Crippen molar-refractivity contribution in [2.45, 2.75) is 6.54 Å². The molecule has 0 bridgehead atoms. The predicted molar refractivity (Wildman–Crippen MR) is 101 cm³/mol. The summed E-state index contributed by atoms with van der Waals surface area (Å²) in [5.74, 6) is 0.789. The molecule has 0 saturated carbocycles. The Morgan fingerprint density at radius 2 is 1.92 bits per heavy atom. The molecule has 0 aliphatic heterocycles. The van der Waals surface area contributed by atoms with Crippen molar-refractivity contribution in [3.63, 3.8) is 0 Å². The Morgan fingerprint density at radius 3 is 2.73 bits per heavy atom. The standard InChI is InChI=1S/C18H15N5O2S/c1-25-13-8-6-12(7-9-13)20-18-22-21-16(26-18)11-23-15-5-3-2-4-14(15)19-10-17(23)24/h2-10H,11H2,1H3,(H,20,22). The van der Waals surface area contributed by atoms with Crippen molar-refractivity contribution in [2.24, 2.45) is 0 Å². The van der Waals surface area contributed by atoms with E-state index in [-0.39, 0.29) is 5.56 Å². The first-order valence-electron chi connectivity index (χ1n) is 7.91. The summed E-state index contributed by atoms with van der Waals surface area (Å²) in [4.78, 5) is 16.4. The Balaban J connectivity index is 1.57. The summed E-state index contributed by atoms with van der Waals surface area (Å²) >= 11 is 1.41. The van der Waals surface area contributed by atoms with E-state index in [0.717, 1.165) is 27.5 Å². The first kappa shape index (κ1) is 16.2. The summed E-state index contributed by atoms with van der Waals surface area (Å²) < 4.78 is 6.80. The molecule has 0 aliphatic carbocycles. The lowest BCUT2D eigenvalue weighted by Crippen LogP contribution is -2.20. The number of ether oxygens (including phenoxy) is 1. The van der Waals surface area contributed by atoms with Gasteiger partial charge >= 0.3 is 0 Å². The maximum absolute atomic E-state index is 12.2. The molecule has 26 heavy (non-hydrogen) atoms. The van der Waals surface area contributed by atoms with Gasteiger partial charge in [-0.15, -0.1) is 10.2 Å². The number of fused-ring (bicyclic) bond motifs is 1. The molecule has 0 fully saturated rings. The normalized spacial score (nSPS) is 10.8. The van der Waals surface area contributed by atoms with Crippen LogP contribution in [0.2, 0.25) is 0 Å². The van der Waals surface area contributed by atoms with Crippen molar-refractivity contribution in [3.8, 4) is 5.75 Å². The van der Waals surface area contributed by atoms with Gasteiger partial charge in [-0.3, -0.25) is 9.36 Å². The third-order valence-electron chi connectivity index (χ3n) is 3.85. The molecule has 8 heteroatoms. The molecule has 0 unspecified atom stereocenters. The summed E-state index contributed by atoms with van der Waals surface area (Å²) in [7, 11) is 1.63. The van der Waals surface area contributed by atoms with E-state index < -0.39 is 0 Å². The summed E-state index contributed by atoms with van der Waals surface area (Å²) in [6, 6.07) is 15.1.